The predicted octanol–water partition coefficient (Wildman–Crippen LogP) is 3.95. The number of nitrogens with zero attached hydrogens (tertiary/aromatic N) is 1. The van der Waals surface area contributed by atoms with E-state index >= 15 is 0 Å². The van der Waals surface area contributed by atoms with E-state index in [1.165, 1.54) is 0 Å². The molecular formula is C12H13Br2N3O. The molecule has 0 unspecified atom stereocenters. The van der Waals surface area contributed by atoms with Crippen LogP contribution < -0.4 is 10.1 Å². The molecular weight excluding hydrogens is 362 g/mol. The Kier molecular flexibility index (Phi) is 4.66. The molecule has 6 heteroatoms. The molecule has 0 aliphatic carbocycles. The fraction of sp³-hybridized carbons (Fsp3) is 0.250. The molecule has 96 valence electrons. The van der Waals surface area contributed by atoms with Crippen molar-refractivity contribution in [3.05, 3.63) is 39.0 Å². The highest BCUT2D eigenvalue weighted by Gasteiger charge is 2.08. The quantitative estimate of drug-likeness (QED) is 0.833. The molecule has 0 fully saturated rings. The topological polar surface area (TPSA) is 49.9 Å². The Balaban J connectivity index is 2.10. The van der Waals surface area contributed by atoms with E-state index in [1.54, 1.807) is 6.20 Å². The van der Waals surface area contributed by atoms with Crippen LogP contribution in [0.25, 0.3) is 0 Å². The molecule has 0 radical (unpaired) electrons. The molecule has 2 rings (SSSR count). The summed E-state index contributed by atoms with van der Waals surface area (Å²) in [5.74, 6) is 0.838. The highest BCUT2D eigenvalue weighted by molar-refractivity contribution is 9.11. The molecule has 4 nitrogen and oxygen atoms in total. The number of aromatic amines is 1. The third-order valence-corrected chi connectivity index (χ3v) is 3.52. The maximum absolute atomic E-state index is 5.54. The summed E-state index contributed by atoms with van der Waals surface area (Å²) in [6, 6.07) is 4.09. The van der Waals surface area contributed by atoms with Gasteiger partial charge < -0.3 is 10.1 Å². The van der Waals surface area contributed by atoms with Crippen molar-refractivity contribution in [3.63, 3.8) is 0 Å². The van der Waals surface area contributed by atoms with Crippen molar-refractivity contribution in [2.75, 3.05) is 11.9 Å². The third-order valence-electron chi connectivity index (χ3n) is 2.34. The fourth-order valence-corrected chi connectivity index (χ4v) is 3.06. The van der Waals surface area contributed by atoms with E-state index in [1.807, 2.05) is 25.3 Å². The summed E-state index contributed by atoms with van der Waals surface area (Å²) in [4.78, 5) is 0. The van der Waals surface area contributed by atoms with Gasteiger partial charge in [0.1, 0.15) is 5.75 Å². The SMILES string of the molecule is CCOc1c(Br)cc(CNc2cn[nH]c2)cc1Br. The number of nitrogens with one attached hydrogen (secondary N) is 2. The number of aromatic nitrogens is 2. The summed E-state index contributed by atoms with van der Waals surface area (Å²) < 4.78 is 7.44. The molecule has 0 amide bonds. The van der Waals surface area contributed by atoms with Crippen molar-refractivity contribution in [1.82, 2.24) is 10.2 Å². The number of halogens is 2. The van der Waals surface area contributed by atoms with Crippen LogP contribution in [0.15, 0.2) is 33.5 Å². The molecule has 2 aromatic rings. The summed E-state index contributed by atoms with van der Waals surface area (Å²) in [5, 5.41) is 9.92. The Morgan fingerprint density at radius 1 is 1.33 bits per heavy atom. The summed E-state index contributed by atoms with van der Waals surface area (Å²) >= 11 is 7.03. The molecule has 0 spiro atoms. The summed E-state index contributed by atoms with van der Waals surface area (Å²) in [5.41, 5.74) is 2.12. The summed E-state index contributed by atoms with van der Waals surface area (Å²) in [7, 11) is 0. The number of rotatable bonds is 5. The van der Waals surface area contributed by atoms with Gasteiger partial charge in [0.2, 0.25) is 0 Å². The zero-order chi connectivity index (χ0) is 13.0. The Morgan fingerprint density at radius 2 is 2.06 bits per heavy atom. The lowest BCUT2D eigenvalue weighted by Gasteiger charge is -2.11. The first-order valence-electron chi connectivity index (χ1n) is 5.54. The molecule has 0 aliphatic heterocycles. The molecule has 0 saturated carbocycles. The first-order chi connectivity index (χ1) is 8.70. The van der Waals surface area contributed by atoms with Crippen molar-refractivity contribution >= 4 is 37.5 Å². The maximum atomic E-state index is 5.54. The smallest absolute Gasteiger partial charge is 0.147 e. The number of hydrogen-bond donors (Lipinski definition) is 2. The van der Waals surface area contributed by atoms with Gasteiger partial charge in [-0.15, -0.1) is 0 Å². The maximum Gasteiger partial charge on any atom is 0.147 e. The van der Waals surface area contributed by atoms with E-state index < -0.39 is 0 Å². The average Bonchev–Trinajstić information content (AvgIpc) is 2.84. The monoisotopic (exact) mass is 373 g/mol. The van der Waals surface area contributed by atoms with Gasteiger partial charge in [-0.25, -0.2) is 0 Å². The van der Waals surface area contributed by atoms with E-state index in [0.29, 0.717) is 6.61 Å². The molecule has 1 heterocycles. The van der Waals surface area contributed by atoms with Crippen LogP contribution in [-0.4, -0.2) is 16.8 Å². The summed E-state index contributed by atoms with van der Waals surface area (Å²) in [6.07, 6.45) is 3.57. The minimum atomic E-state index is 0.643. The summed E-state index contributed by atoms with van der Waals surface area (Å²) in [6.45, 7) is 3.33. The van der Waals surface area contributed by atoms with Crippen LogP contribution in [0, 0.1) is 0 Å². The lowest BCUT2D eigenvalue weighted by molar-refractivity contribution is 0.336. The third kappa shape index (κ3) is 3.26. The molecule has 2 N–H and O–H groups in total. The van der Waals surface area contributed by atoms with Crippen molar-refractivity contribution in [3.8, 4) is 5.75 Å². The highest BCUT2D eigenvalue weighted by atomic mass is 79.9. The van der Waals surface area contributed by atoms with Gasteiger partial charge in [0, 0.05) is 12.7 Å². The Hall–Kier alpha value is -1.01. The van der Waals surface area contributed by atoms with Crippen LogP contribution in [0.4, 0.5) is 5.69 Å². The lowest BCUT2D eigenvalue weighted by atomic mass is 10.2. The van der Waals surface area contributed by atoms with E-state index in [4.69, 9.17) is 4.74 Å². The molecule has 1 aromatic carbocycles. The fourth-order valence-electron chi connectivity index (χ4n) is 1.55. The number of hydrogen-bond acceptors (Lipinski definition) is 3. The first kappa shape index (κ1) is 13.4. The largest absolute Gasteiger partial charge is 0.492 e. The Labute approximate surface area is 122 Å². The van der Waals surface area contributed by atoms with E-state index in [-0.39, 0.29) is 0 Å². The van der Waals surface area contributed by atoms with Crippen LogP contribution in [0.5, 0.6) is 5.75 Å². The second-order valence-corrected chi connectivity index (χ2v) is 5.37. The van der Waals surface area contributed by atoms with Crippen molar-refractivity contribution in [2.24, 2.45) is 0 Å². The van der Waals surface area contributed by atoms with Crippen LogP contribution in [-0.2, 0) is 6.54 Å². The number of benzene rings is 1. The predicted molar refractivity (Wildman–Crippen MR) is 78.9 cm³/mol. The van der Waals surface area contributed by atoms with E-state index in [9.17, 15) is 0 Å². The van der Waals surface area contributed by atoms with Gasteiger partial charge in [0.25, 0.3) is 0 Å². The lowest BCUT2D eigenvalue weighted by Crippen LogP contribution is -2.00. The molecule has 18 heavy (non-hydrogen) atoms. The van der Waals surface area contributed by atoms with Crippen LogP contribution in [0.1, 0.15) is 12.5 Å². The number of H-pyrrole nitrogens is 1. The average molecular weight is 375 g/mol. The highest BCUT2D eigenvalue weighted by Crippen LogP contribution is 2.34. The van der Waals surface area contributed by atoms with Gasteiger partial charge in [-0.1, -0.05) is 0 Å². The zero-order valence-electron chi connectivity index (χ0n) is 9.84. The second kappa shape index (κ2) is 6.24. The van der Waals surface area contributed by atoms with Gasteiger partial charge in [-0.05, 0) is 56.5 Å². The standard InChI is InChI=1S/C12H13Br2N3O/c1-2-18-12-10(13)3-8(4-11(12)14)5-15-9-6-16-17-7-9/h3-4,6-7,15H,2,5H2,1H3,(H,16,17). The molecule has 0 bridgehead atoms. The minimum absolute atomic E-state index is 0.643. The van der Waals surface area contributed by atoms with Gasteiger partial charge >= 0.3 is 0 Å². The van der Waals surface area contributed by atoms with Gasteiger partial charge in [-0.2, -0.15) is 5.10 Å². The van der Waals surface area contributed by atoms with Gasteiger partial charge in [0.15, 0.2) is 0 Å². The molecule has 1 aromatic heterocycles. The van der Waals surface area contributed by atoms with Crippen molar-refractivity contribution in [2.45, 2.75) is 13.5 Å². The Morgan fingerprint density at radius 3 is 2.61 bits per heavy atom. The Bertz CT molecular complexity index is 491. The zero-order valence-corrected chi connectivity index (χ0v) is 13.0. The number of ether oxygens (including phenoxy) is 1. The minimum Gasteiger partial charge on any atom is -0.492 e. The number of anilines is 1. The van der Waals surface area contributed by atoms with Gasteiger partial charge in [0.05, 0.1) is 27.4 Å². The molecule has 0 aliphatic rings. The second-order valence-electron chi connectivity index (χ2n) is 3.66. The molecule has 0 saturated heterocycles. The van der Waals surface area contributed by atoms with Crippen LogP contribution in [0.3, 0.4) is 0 Å². The van der Waals surface area contributed by atoms with Crippen molar-refractivity contribution in [1.29, 1.82) is 0 Å². The van der Waals surface area contributed by atoms with Crippen LogP contribution in [0.2, 0.25) is 0 Å². The van der Waals surface area contributed by atoms with E-state index in [0.717, 1.165) is 32.5 Å². The first-order valence-corrected chi connectivity index (χ1v) is 7.12. The van der Waals surface area contributed by atoms with Gasteiger partial charge in [-0.3, -0.25) is 5.10 Å². The molecule has 0 atom stereocenters. The normalized spacial score (nSPS) is 10.4. The van der Waals surface area contributed by atoms with E-state index in [2.05, 4.69) is 47.4 Å². The van der Waals surface area contributed by atoms with Crippen molar-refractivity contribution < 1.29 is 4.74 Å². The van der Waals surface area contributed by atoms with Crippen LogP contribution >= 0.6 is 31.9 Å².